The first kappa shape index (κ1) is 25.6. The quantitative estimate of drug-likeness (QED) is 0.417. The summed E-state index contributed by atoms with van der Waals surface area (Å²) in [5.74, 6) is 0.656. The SMILES string of the molecule is COc1ncc(-c2ccc3ncc(OCCN4CCOCC4)c(=O)n3c2)cc1CN(C=O)C(C)(C)C. The summed E-state index contributed by atoms with van der Waals surface area (Å²) in [5, 5.41) is 0. The van der Waals surface area contributed by atoms with E-state index in [9.17, 15) is 9.59 Å². The molecule has 3 aromatic heterocycles. The minimum Gasteiger partial charge on any atom is -0.485 e. The summed E-state index contributed by atoms with van der Waals surface area (Å²) in [6, 6.07) is 5.59. The molecule has 0 aliphatic carbocycles. The van der Waals surface area contributed by atoms with Crippen LogP contribution in [0.15, 0.2) is 41.6 Å². The molecule has 1 aliphatic rings. The number of nitrogens with zero attached hydrogens (tertiary/aromatic N) is 5. The number of amides is 1. The summed E-state index contributed by atoms with van der Waals surface area (Å²) < 4.78 is 18.1. The minimum absolute atomic E-state index is 0.207. The zero-order valence-corrected chi connectivity index (χ0v) is 21.3. The van der Waals surface area contributed by atoms with Crippen LogP contribution in [0.5, 0.6) is 11.6 Å². The van der Waals surface area contributed by atoms with Gasteiger partial charge in [-0.25, -0.2) is 9.97 Å². The van der Waals surface area contributed by atoms with Gasteiger partial charge in [-0.3, -0.25) is 18.9 Å². The van der Waals surface area contributed by atoms with Crippen molar-refractivity contribution >= 4 is 12.1 Å². The van der Waals surface area contributed by atoms with E-state index in [1.54, 1.807) is 30.5 Å². The number of pyridine rings is 2. The summed E-state index contributed by atoms with van der Waals surface area (Å²) in [6.45, 7) is 10.5. The molecule has 0 N–H and O–H groups in total. The first-order valence-corrected chi connectivity index (χ1v) is 12.0. The van der Waals surface area contributed by atoms with Gasteiger partial charge in [0.15, 0.2) is 0 Å². The third-order valence-electron chi connectivity index (χ3n) is 6.22. The lowest BCUT2D eigenvalue weighted by Crippen LogP contribution is -2.39. The number of carbonyl (C=O) groups is 1. The van der Waals surface area contributed by atoms with E-state index in [-0.39, 0.29) is 16.8 Å². The van der Waals surface area contributed by atoms with Gasteiger partial charge in [-0.2, -0.15) is 0 Å². The van der Waals surface area contributed by atoms with Crippen molar-refractivity contribution in [3.8, 4) is 22.8 Å². The van der Waals surface area contributed by atoms with Crippen molar-refractivity contribution in [2.75, 3.05) is 46.6 Å². The maximum atomic E-state index is 13.1. The molecule has 1 aliphatic heterocycles. The van der Waals surface area contributed by atoms with E-state index in [4.69, 9.17) is 14.2 Å². The molecule has 1 fully saturated rings. The average molecular weight is 496 g/mol. The molecule has 0 aromatic carbocycles. The highest BCUT2D eigenvalue weighted by atomic mass is 16.5. The molecular formula is C26H33N5O5. The smallest absolute Gasteiger partial charge is 0.300 e. The fourth-order valence-electron chi connectivity index (χ4n) is 4.01. The van der Waals surface area contributed by atoms with Crippen molar-refractivity contribution in [1.29, 1.82) is 0 Å². The van der Waals surface area contributed by atoms with Gasteiger partial charge in [-0.15, -0.1) is 0 Å². The number of fused-ring (bicyclic) bond motifs is 1. The number of methoxy groups -OCH3 is 1. The van der Waals surface area contributed by atoms with E-state index in [2.05, 4.69) is 14.9 Å². The van der Waals surface area contributed by atoms with Gasteiger partial charge >= 0.3 is 0 Å². The van der Waals surface area contributed by atoms with Gasteiger partial charge in [0.2, 0.25) is 18.0 Å². The predicted molar refractivity (Wildman–Crippen MR) is 135 cm³/mol. The van der Waals surface area contributed by atoms with Crippen LogP contribution >= 0.6 is 0 Å². The van der Waals surface area contributed by atoms with Gasteiger partial charge in [0, 0.05) is 54.3 Å². The van der Waals surface area contributed by atoms with Crippen molar-refractivity contribution in [2.24, 2.45) is 0 Å². The summed E-state index contributed by atoms with van der Waals surface area (Å²) in [7, 11) is 1.55. The fraction of sp³-hybridized carbons (Fsp3) is 0.462. The Morgan fingerprint density at radius 1 is 1.14 bits per heavy atom. The van der Waals surface area contributed by atoms with Crippen LogP contribution in [0.25, 0.3) is 16.8 Å². The van der Waals surface area contributed by atoms with Crippen molar-refractivity contribution in [2.45, 2.75) is 32.9 Å². The van der Waals surface area contributed by atoms with Crippen LogP contribution in [-0.2, 0) is 16.1 Å². The molecular weight excluding hydrogens is 462 g/mol. The third-order valence-corrected chi connectivity index (χ3v) is 6.22. The third kappa shape index (κ3) is 5.83. The van der Waals surface area contributed by atoms with Crippen LogP contribution in [0.3, 0.4) is 0 Å². The lowest BCUT2D eigenvalue weighted by Gasteiger charge is -2.32. The molecule has 1 amide bonds. The predicted octanol–water partition coefficient (Wildman–Crippen LogP) is 2.23. The Morgan fingerprint density at radius 2 is 1.92 bits per heavy atom. The summed E-state index contributed by atoms with van der Waals surface area (Å²) in [5.41, 5.74) is 2.22. The molecule has 192 valence electrons. The van der Waals surface area contributed by atoms with E-state index < -0.39 is 0 Å². The average Bonchev–Trinajstić information content (AvgIpc) is 2.88. The zero-order valence-electron chi connectivity index (χ0n) is 21.3. The van der Waals surface area contributed by atoms with Crippen LogP contribution in [0, 0.1) is 0 Å². The molecule has 0 spiro atoms. The van der Waals surface area contributed by atoms with Gasteiger partial charge in [-0.1, -0.05) is 0 Å². The first-order chi connectivity index (χ1) is 17.3. The van der Waals surface area contributed by atoms with Crippen molar-refractivity contribution in [3.05, 3.63) is 52.7 Å². The van der Waals surface area contributed by atoms with Gasteiger partial charge in [-0.05, 0) is 39.0 Å². The number of hydrogen-bond acceptors (Lipinski definition) is 8. The van der Waals surface area contributed by atoms with Gasteiger partial charge < -0.3 is 19.1 Å². The normalized spacial score (nSPS) is 14.6. The molecule has 3 aromatic rings. The van der Waals surface area contributed by atoms with E-state index in [1.165, 1.54) is 10.6 Å². The number of morpholine rings is 1. The van der Waals surface area contributed by atoms with Gasteiger partial charge in [0.05, 0.1) is 33.1 Å². The molecule has 0 atom stereocenters. The largest absolute Gasteiger partial charge is 0.485 e. The van der Waals surface area contributed by atoms with Gasteiger partial charge in [0.25, 0.3) is 5.56 Å². The van der Waals surface area contributed by atoms with Crippen LogP contribution in [0.4, 0.5) is 0 Å². The van der Waals surface area contributed by atoms with E-state index in [0.29, 0.717) is 37.9 Å². The fourth-order valence-corrected chi connectivity index (χ4v) is 4.01. The Kier molecular flexibility index (Phi) is 7.85. The molecule has 10 nitrogen and oxygen atoms in total. The summed E-state index contributed by atoms with van der Waals surface area (Å²) >= 11 is 0. The van der Waals surface area contributed by atoms with Crippen LogP contribution < -0.4 is 15.0 Å². The van der Waals surface area contributed by atoms with E-state index in [1.807, 2.05) is 32.9 Å². The van der Waals surface area contributed by atoms with E-state index in [0.717, 1.165) is 42.7 Å². The van der Waals surface area contributed by atoms with Crippen molar-refractivity contribution < 1.29 is 19.0 Å². The second-order valence-electron chi connectivity index (χ2n) is 9.67. The Balaban J connectivity index is 1.59. The molecule has 1 saturated heterocycles. The molecule has 0 unspecified atom stereocenters. The Labute approximate surface area is 210 Å². The highest BCUT2D eigenvalue weighted by Crippen LogP contribution is 2.27. The molecule has 4 heterocycles. The number of aromatic nitrogens is 3. The van der Waals surface area contributed by atoms with Crippen molar-refractivity contribution in [1.82, 2.24) is 24.2 Å². The number of hydrogen-bond donors (Lipinski definition) is 0. The molecule has 0 saturated carbocycles. The lowest BCUT2D eigenvalue weighted by atomic mass is 10.0. The maximum Gasteiger partial charge on any atom is 0.300 e. The molecule has 36 heavy (non-hydrogen) atoms. The minimum atomic E-state index is -0.358. The number of rotatable bonds is 9. The van der Waals surface area contributed by atoms with E-state index >= 15 is 0 Å². The highest BCUT2D eigenvalue weighted by Gasteiger charge is 2.22. The zero-order chi connectivity index (χ0) is 25.7. The second-order valence-corrected chi connectivity index (χ2v) is 9.67. The summed E-state index contributed by atoms with van der Waals surface area (Å²) in [6.07, 6.45) is 5.72. The number of ether oxygens (including phenoxy) is 3. The van der Waals surface area contributed by atoms with Crippen LogP contribution in [-0.4, -0.2) is 82.7 Å². The van der Waals surface area contributed by atoms with Gasteiger partial charge in [0.1, 0.15) is 12.3 Å². The molecule has 0 radical (unpaired) electrons. The van der Waals surface area contributed by atoms with Crippen LogP contribution in [0.2, 0.25) is 0 Å². The second kappa shape index (κ2) is 11.0. The maximum absolute atomic E-state index is 13.1. The summed E-state index contributed by atoms with van der Waals surface area (Å²) in [4.78, 5) is 37.6. The first-order valence-electron chi connectivity index (χ1n) is 12.0. The standard InChI is InChI=1S/C26H33N5O5/c1-26(2,3)30(18-32)16-21-13-20(14-28-24(21)34-4)19-5-6-23-27-15-22(25(33)31(23)17-19)36-12-9-29-7-10-35-11-8-29/h5-6,13-15,17-18H,7-12,16H2,1-4H3. The monoisotopic (exact) mass is 495 g/mol. The molecule has 10 heteroatoms. The lowest BCUT2D eigenvalue weighted by molar-refractivity contribution is -0.123. The van der Waals surface area contributed by atoms with Crippen molar-refractivity contribution in [3.63, 3.8) is 0 Å². The Morgan fingerprint density at radius 3 is 2.61 bits per heavy atom. The molecule has 0 bridgehead atoms. The number of carbonyl (C=O) groups excluding carboxylic acids is 1. The topological polar surface area (TPSA) is 98.5 Å². The highest BCUT2D eigenvalue weighted by molar-refractivity contribution is 5.65. The Hall–Kier alpha value is -3.50. The van der Waals surface area contributed by atoms with Crippen LogP contribution in [0.1, 0.15) is 26.3 Å². The molecule has 4 rings (SSSR count). The Bertz CT molecular complexity index is 1260.